The number of carbonyl (C=O) groups is 2. The van der Waals surface area contributed by atoms with E-state index in [1.807, 2.05) is 0 Å². The third-order valence-electron chi connectivity index (χ3n) is 5.54. The van der Waals surface area contributed by atoms with Crippen molar-refractivity contribution in [1.82, 2.24) is 0 Å². The number of hydrogen-bond donors (Lipinski definition) is 1. The van der Waals surface area contributed by atoms with E-state index >= 15 is 0 Å². The van der Waals surface area contributed by atoms with Crippen LogP contribution in [-0.4, -0.2) is 23.5 Å². The van der Waals surface area contributed by atoms with Gasteiger partial charge in [0, 0.05) is 35.5 Å². The van der Waals surface area contributed by atoms with Crippen LogP contribution in [0.3, 0.4) is 0 Å². The number of benzene rings is 2. The molecule has 0 bridgehead atoms. The van der Waals surface area contributed by atoms with Crippen molar-refractivity contribution in [3.05, 3.63) is 69.9 Å². The Hall–Kier alpha value is -3.33. The van der Waals surface area contributed by atoms with Gasteiger partial charge in [-0.2, -0.15) is 13.2 Å². The van der Waals surface area contributed by atoms with E-state index in [0.717, 1.165) is 11.3 Å². The number of anilines is 1. The Labute approximate surface area is 198 Å². The van der Waals surface area contributed by atoms with Crippen LogP contribution in [0.25, 0.3) is 11.1 Å². The quantitative estimate of drug-likeness (QED) is 0.412. The second-order valence-electron chi connectivity index (χ2n) is 7.94. The number of rotatable bonds is 8. The van der Waals surface area contributed by atoms with Gasteiger partial charge in [-0.05, 0) is 48.2 Å². The Balaban J connectivity index is 1.45. The van der Waals surface area contributed by atoms with Gasteiger partial charge in [0.25, 0.3) is 0 Å². The van der Waals surface area contributed by atoms with Crippen molar-refractivity contribution >= 4 is 28.9 Å². The molecule has 2 aromatic carbocycles. The van der Waals surface area contributed by atoms with Crippen LogP contribution in [0.5, 0.6) is 5.75 Å². The van der Waals surface area contributed by atoms with E-state index in [4.69, 9.17) is 9.84 Å². The van der Waals surface area contributed by atoms with Crippen molar-refractivity contribution in [2.75, 3.05) is 11.4 Å². The monoisotopic (exact) mass is 489 g/mol. The summed E-state index contributed by atoms with van der Waals surface area (Å²) in [5.41, 5.74) is 2.32. The number of alkyl halides is 3. The van der Waals surface area contributed by atoms with E-state index in [9.17, 15) is 22.8 Å². The Bertz CT molecular complexity index is 1190. The van der Waals surface area contributed by atoms with Crippen molar-refractivity contribution < 1.29 is 32.6 Å². The van der Waals surface area contributed by atoms with Crippen LogP contribution in [0.15, 0.2) is 54.6 Å². The first kappa shape index (κ1) is 23.8. The number of amides is 1. The number of nitrogens with zero attached hydrogens (tertiary/aromatic N) is 1. The summed E-state index contributed by atoms with van der Waals surface area (Å²) in [7, 11) is 0. The SMILES string of the molecule is O=C(O)CCCC(=O)N1CCc2cc(OCc3cc(-c4ccccc4)c(C(F)(F)F)s3)ccc21. The minimum atomic E-state index is -4.46. The number of hydrogen-bond acceptors (Lipinski definition) is 4. The minimum absolute atomic E-state index is 0.00278. The highest BCUT2D eigenvalue weighted by atomic mass is 32.1. The summed E-state index contributed by atoms with van der Waals surface area (Å²) in [5, 5.41) is 8.73. The maximum absolute atomic E-state index is 13.6. The van der Waals surface area contributed by atoms with Gasteiger partial charge in [-0.25, -0.2) is 0 Å². The molecule has 1 aliphatic heterocycles. The van der Waals surface area contributed by atoms with Crippen molar-refractivity contribution in [3.8, 4) is 16.9 Å². The molecule has 0 saturated carbocycles. The number of ether oxygens (including phenoxy) is 1. The van der Waals surface area contributed by atoms with Crippen LogP contribution in [0.2, 0.25) is 0 Å². The first-order valence-electron chi connectivity index (χ1n) is 10.8. The highest BCUT2D eigenvalue weighted by Gasteiger charge is 2.36. The van der Waals surface area contributed by atoms with Crippen LogP contribution < -0.4 is 9.64 Å². The molecule has 0 radical (unpaired) electrons. The zero-order valence-electron chi connectivity index (χ0n) is 18.1. The zero-order chi connectivity index (χ0) is 24.3. The fourth-order valence-corrected chi connectivity index (χ4v) is 4.92. The average Bonchev–Trinajstić information content (AvgIpc) is 3.42. The highest BCUT2D eigenvalue weighted by molar-refractivity contribution is 7.12. The molecule has 0 spiro atoms. The topological polar surface area (TPSA) is 66.8 Å². The van der Waals surface area contributed by atoms with Crippen LogP contribution in [0.1, 0.15) is 34.6 Å². The minimum Gasteiger partial charge on any atom is -0.488 e. The van der Waals surface area contributed by atoms with Gasteiger partial charge in [0.05, 0.1) is 0 Å². The molecular formula is C25H22F3NO4S. The number of fused-ring (bicyclic) bond motifs is 1. The van der Waals surface area contributed by atoms with Crippen molar-refractivity contribution in [3.63, 3.8) is 0 Å². The van der Waals surface area contributed by atoms with Crippen LogP contribution in [0.4, 0.5) is 18.9 Å². The number of aliphatic carboxylic acids is 1. The van der Waals surface area contributed by atoms with Crippen molar-refractivity contribution in [1.29, 1.82) is 0 Å². The lowest BCUT2D eigenvalue weighted by Crippen LogP contribution is -2.28. The molecule has 3 aromatic rings. The maximum Gasteiger partial charge on any atom is 0.426 e. The summed E-state index contributed by atoms with van der Waals surface area (Å²) in [6.07, 6.45) is -3.43. The van der Waals surface area contributed by atoms with E-state index in [0.29, 0.717) is 40.5 Å². The van der Waals surface area contributed by atoms with Crippen molar-refractivity contribution in [2.24, 2.45) is 0 Å². The molecule has 0 unspecified atom stereocenters. The zero-order valence-corrected chi connectivity index (χ0v) is 18.9. The molecule has 1 aromatic heterocycles. The summed E-state index contributed by atoms with van der Waals surface area (Å²) < 4.78 is 46.6. The summed E-state index contributed by atoms with van der Waals surface area (Å²) in [4.78, 5) is 24.5. The lowest BCUT2D eigenvalue weighted by atomic mass is 10.1. The molecule has 4 rings (SSSR count). The fourth-order valence-electron chi connectivity index (χ4n) is 3.96. The lowest BCUT2D eigenvalue weighted by Gasteiger charge is -2.17. The molecular weight excluding hydrogens is 467 g/mol. The van der Waals surface area contributed by atoms with Gasteiger partial charge in [0.15, 0.2) is 0 Å². The van der Waals surface area contributed by atoms with Gasteiger partial charge in [0.2, 0.25) is 5.91 Å². The van der Waals surface area contributed by atoms with Gasteiger partial charge >= 0.3 is 12.1 Å². The average molecular weight is 490 g/mol. The number of carbonyl (C=O) groups excluding carboxylic acids is 1. The predicted molar refractivity (Wildman–Crippen MR) is 123 cm³/mol. The number of thiophene rings is 1. The van der Waals surface area contributed by atoms with Crippen LogP contribution >= 0.6 is 11.3 Å². The molecule has 1 N–H and O–H groups in total. The van der Waals surface area contributed by atoms with E-state index in [1.165, 1.54) is 6.07 Å². The molecule has 0 aliphatic carbocycles. The molecule has 5 nitrogen and oxygen atoms in total. The molecule has 9 heteroatoms. The largest absolute Gasteiger partial charge is 0.488 e. The second kappa shape index (κ2) is 9.89. The molecule has 0 saturated heterocycles. The van der Waals surface area contributed by atoms with Crippen LogP contribution in [0, 0.1) is 0 Å². The van der Waals surface area contributed by atoms with Gasteiger partial charge in [0.1, 0.15) is 17.2 Å². The molecule has 0 atom stereocenters. The number of carboxylic acid groups (broad SMARTS) is 1. The summed E-state index contributed by atoms with van der Waals surface area (Å²) in [6, 6.07) is 15.2. The first-order chi connectivity index (χ1) is 16.2. The van der Waals surface area contributed by atoms with E-state index in [2.05, 4.69) is 0 Å². The molecule has 1 amide bonds. The van der Waals surface area contributed by atoms with Gasteiger partial charge < -0.3 is 14.7 Å². The second-order valence-corrected chi connectivity index (χ2v) is 9.08. The standard InChI is InChI=1S/C25H22F3NO4S/c26-25(27,28)24-20(16-5-2-1-3-6-16)14-19(34-24)15-33-18-9-10-21-17(13-18)11-12-29(21)22(30)7-4-8-23(31)32/h1-3,5-6,9-10,13-14H,4,7-8,11-12,15H2,(H,31,32). The van der Waals surface area contributed by atoms with Gasteiger partial charge in [-0.3, -0.25) is 9.59 Å². The molecule has 178 valence electrons. The Morgan fingerprint density at radius 1 is 1.06 bits per heavy atom. The smallest absolute Gasteiger partial charge is 0.426 e. The normalized spacial score (nSPS) is 13.1. The first-order valence-corrected chi connectivity index (χ1v) is 11.6. The molecule has 1 aliphatic rings. The Morgan fingerprint density at radius 3 is 2.53 bits per heavy atom. The number of halogens is 3. The molecule has 34 heavy (non-hydrogen) atoms. The third kappa shape index (κ3) is 5.41. The summed E-state index contributed by atoms with van der Waals surface area (Å²) in [5.74, 6) is -0.539. The van der Waals surface area contributed by atoms with Crippen LogP contribution in [-0.2, 0) is 28.8 Å². The third-order valence-corrected chi connectivity index (χ3v) is 6.69. The Morgan fingerprint density at radius 2 is 1.82 bits per heavy atom. The van der Waals surface area contributed by atoms with Gasteiger partial charge in [-0.15, -0.1) is 11.3 Å². The molecule has 2 heterocycles. The van der Waals surface area contributed by atoms with E-state index in [1.54, 1.807) is 53.4 Å². The van der Waals surface area contributed by atoms with Gasteiger partial charge in [-0.1, -0.05) is 30.3 Å². The van der Waals surface area contributed by atoms with Crippen molar-refractivity contribution in [2.45, 2.75) is 38.5 Å². The molecule has 0 fully saturated rings. The van der Waals surface area contributed by atoms with E-state index in [-0.39, 0.29) is 37.3 Å². The summed E-state index contributed by atoms with van der Waals surface area (Å²) >= 11 is 0.675. The maximum atomic E-state index is 13.6. The predicted octanol–water partition coefficient (Wildman–Crippen LogP) is 6.16. The highest BCUT2D eigenvalue weighted by Crippen LogP contribution is 2.43. The van der Waals surface area contributed by atoms with E-state index < -0.39 is 17.0 Å². The summed E-state index contributed by atoms with van der Waals surface area (Å²) in [6.45, 7) is 0.502. The lowest BCUT2D eigenvalue weighted by molar-refractivity contribution is -0.137. The Kier molecular flexibility index (Phi) is 6.92. The fraction of sp³-hybridized carbons (Fsp3) is 0.280. The number of carboxylic acids is 1.